The third kappa shape index (κ3) is 2.31. The van der Waals surface area contributed by atoms with Crippen LogP contribution in [-0.2, 0) is 13.6 Å². The van der Waals surface area contributed by atoms with Gasteiger partial charge >= 0.3 is 0 Å². The number of nitrogens with two attached hydrogens (primary N) is 1. The Balaban J connectivity index is 3.11. The minimum Gasteiger partial charge on any atom is -0.393 e. The quantitative estimate of drug-likeness (QED) is 0.851. The van der Waals surface area contributed by atoms with Gasteiger partial charge in [-0.15, -0.1) is 0 Å². The van der Waals surface area contributed by atoms with Crippen molar-refractivity contribution in [3.8, 4) is 0 Å². The van der Waals surface area contributed by atoms with Crippen molar-refractivity contribution in [1.29, 1.82) is 0 Å². The lowest BCUT2D eigenvalue weighted by Gasteiger charge is -2.12. The zero-order chi connectivity index (χ0) is 12.5. The molecule has 0 unspecified atom stereocenters. The van der Waals surface area contributed by atoms with Gasteiger partial charge in [0.1, 0.15) is 5.69 Å². The molecule has 0 aliphatic carbocycles. The normalized spacial score (nSPS) is 11.7. The van der Waals surface area contributed by atoms with Crippen LogP contribution in [-0.4, -0.2) is 9.36 Å². The van der Waals surface area contributed by atoms with Crippen molar-refractivity contribution in [3.05, 3.63) is 16.0 Å². The molecule has 0 saturated heterocycles. The molecule has 0 spiro atoms. The molecule has 16 heavy (non-hydrogen) atoms. The van der Waals surface area contributed by atoms with E-state index in [1.54, 1.807) is 4.68 Å². The molecular formula is C12H23N3O. The summed E-state index contributed by atoms with van der Waals surface area (Å²) in [5.41, 5.74) is 7.15. The second-order valence-electron chi connectivity index (χ2n) is 5.09. The van der Waals surface area contributed by atoms with Crippen LogP contribution >= 0.6 is 0 Å². The molecule has 0 atom stereocenters. The summed E-state index contributed by atoms with van der Waals surface area (Å²) < 4.78 is 3.65. The fraction of sp³-hybridized carbons (Fsp3) is 0.750. The van der Waals surface area contributed by atoms with Crippen LogP contribution in [0.2, 0.25) is 0 Å². The maximum Gasteiger partial charge on any atom is 0.290 e. The zero-order valence-electron chi connectivity index (χ0n) is 10.9. The number of anilines is 1. The van der Waals surface area contributed by atoms with E-state index in [0.717, 1.165) is 18.7 Å². The Bertz CT molecular complexity index is 413. The second-order valence-corrected chi connectivity index (χ2v) is 5.09. The number of nitrogens with zero attached hydrogens (tertiary/aromatic N) is 2. The van der Waals surface area contributed by atoms with Gasteiger partial charge in [-0.25, -0.2) is 4.68 Å². The molecule has 0 aliphatic rings. The minimum atomic E-state index is -0.0492. The average Bonchev–Trinajstić information content (AvgIpc) is 2.36. The minimum absolute atomic E-state index is 0.0492. The molecule has 1 aromatic rings. The number of hydrogen-bond donors (Lipinski definition) is 1. The largest absolute Gasteiger partial charge is 0.393 e. The van der Waals surface area contributed by atoms with E-state index in [0.29, 0.717) is 11.6 Å². The van der Waals surface area contributed by atoms with E-state index in [1.807, 2.05) is 11.7 Å². The van der Waals surface area contributed by atoms with Crippen LogP contribution in [0, 0.1) is 5.92 Å². The van der Waals surface area contributed by atoms with E-state index in [-0.39, 0.29) is 11.5 Å². The third-order valence-corrected chi connectivity index (χ3v) is 2.92. The van der Waals surface area contributed by atoms with Gasteiger partial charge in [0.05, 0.1) is 5.69 Å². The van der Waals surface area contributed by atoms with Crippen molar-refractivity contribution in [2.24, 2.45) is 13.0 Å². The van der Waals surface area contributed by atoms with E-state index in [2.05, 4.69) is 27.7 Å². The van der Waals surface area contributed by atoms with Crippen molar-refractivity contribution >= 4 is 5.69 Å². The molecule has 4 nitrogen and oxygen atoms in total. The van der Waals surface area contributed by atoms with Gasteiger partial charge in [0.2, 0.25) is 0 Å². The molecule has 1 rings (SSSR count). The van der Waals surface area contributed by atoms with Crippen LogP contribution in [0.15, 0.2) is 4.79 Å². The summed E-state index contributed by atoms with van der Waals surface area (Å²) in [6.07, 6.45) is 0.995. The molecule has 0 aliphatic heterocycles. The smallest absolute Gasteiger partial charge is 0.290 e. The van der Waals surface area contributed by atoms with Gasteiger partial charge in [0, 0.05) is 13.6 Å². The predicted octanol–water partition coefficient (Wildman–Crippen LogP) is 1.94. The van der Waals surface area contributed by atoms with Crippen LogP contribution < -0.4 is 11.3 Å². The Morgan fingerprint density at radius 2 is 1.81 bits per heavy atom. The summed E-state index contributed by atoms with van der Waals surface area (Å²) in [5, 5.41) is 0. The van der Waals surface area contributed by atoms with E-state index in [4.69, 9.17) is 5.73 Å². The van der Waals surface area contributed by atoms with E-state index >= 15 is 0 Å². The summed E-state index contributed by atoms with van der Waals surface area (Å²) in [4.78, 5) is 11.9. The fourth-order valence-corrected chi connectivity index (χ4v) is 2.01. The first-order valence-corrected chi connectivity index (χ1v) is 5.91. The Morgan fingerprint density at radius 3 is 2.19 bits per heavy atom. The van der Waals surface area contributed by atoms with Crippen LogP contribution in [0.5, 0.6) is 0 Å². The molecule has 1 heterocycles. The van der Waals surface area contributed by atoms with Gasteiger partial charge in [-0.3, -0.25) is 9.48 Å². The molecule has 1 aromatic heterocycles. The first kappa shape index (κ1) is 12.9. The SMILES string of the molecule is CC(C)CCn1c(=O)c(N)c(C(C)C)n1C. The van der Waals surface area contributed by atoms with Gasteiger partial charge in [0.25, 0.3) is 5.56 Å². The molecule has 0 aromatic carbocycles. The first-order valence-electron chi connectivity index (χ1n) is 5.91. The highest BCUT2D eigenvalue weighted by atomic mass is 16.1. The lowest BCUT2D eigenvalue weighted by Crippen LogP contribution is -2.23. The fourth-order valence-electron chi connectivity index (χ4n) is 2.01. The molecular weight excluding hydrogens is 202 g/mol. The lowest BCUT2D eigenvalue weighted by atomic mass is 10.1. The molecule has 0 amide bonds. The van der Waals surface area contributed by atoms with E-state index in [1.165, 1.54) is 0 Å². The van der Waals surface area contributed by atoms with E-state index < -0.39 is 0 Å². The van der Waals surface area contributed by atoms with E-state index in [9.17, 15) is 4.79 Å². The number of aromatic nitrogens is 2. The molecule has 0 saturated carbocycles. The van der Waals surface area contributed by atoms with Crippen LogP contribution in [0.3, 0.4) is 0 Å². The summed E-state index contributed by atoms with van der Waals surface area (Å²) in [7, 11) is 1.91. The molecule has 2 N–H and O–H groups in total. The van der Waals surface area contributed by atoms with Crippen molar-refractivity contribution in [3.63, 3.8) is 0 Å². The summed E-state index contributed by atoms with van der Waals surface area (Å²) in [5.74, 6) is 0.864. The topological polar surface area (TPSA) is 52.9 Å². The number of rotatable bonds is 4. The molecule has 4 heteroatoms. The third-order valence-electron chi connectivity index (χ3n) is 2.92. The summed E-state index contributed by atoms with van der Waals surface area (Å²) in [6.45, 7) is 9.15. The Kier molecular flexibility index (Phi) is 3.83. The molecule has 0 radical (unpaired) electrons. The predicted molar refractivity (Wildman–Crippen MR) is 67.6 cm³/mol. The average molecular weight is 225 g/mol. The maximum atomic E-state index is 11.9. The van der Waals surface area contributed by atoms with Crippen molar-refractivity contribution in [2.75, 3.05) is 5.73 Å². The number of nitrogen functional groups attached to an aromatic ring is 1. The number of hydrogen-bond acceptors (Lipinski definition) is 2. The standard InChI is InChI=1S/C12H23N3O/c1-8(2)6-7-15-12(16)10(13)11(9(3)4)14(15)5/h8-9H,6-7,13H2,1-5H3. The summed E-state index contributed by atoms with van der Waals surface area (Å²) >= 11 is 0. The monoisotopic (exact) mass is 225 g/mol. The van der Waals surface area contributed by atoms with Crippen molar-refractivity contribution in [1.82, 2.24) is 9.36 Å². The van der Waals surface area contributed by atoms with Crippen molar-refractivity contribution in [2.45, 2.75) is 46.6 Å². The molecule has 92 valence electrons. The van der Waals surface area contributed by atoms with Crippen LogP contribution in [0.1, 0.15) is 45.7 Å². The maximum absolute atomic E-state index is 11.9. The first-order chi connectivity index (χ1) is 7.36. The zero-order valence-corrected chi connectivity index (χ0v) is 10.9. The Hall–Kier alpha value is -1.19. The highest BCUT2D eigenvalue weighted by Crippen LogP contribution is 2.18. The van der Waals surface area contributed by atoms with Gasteiger partial charge < -0.3 is 5.73 Å². The van der Waals surface area contributed by atoms with Gasteiger partial charge in [-0.05, 0) is 18.3 Å². The van der Waals surface area contributed by atoms with Gasteiger partial charge in [-0.1, -0.05) is 27.7 Å². The summed E-state index contributed by atoms with van der Waals surface area (Å²) in [6, 6.07) is 0. The molecule has 0 bridgehead atoms. The van der Waals surface area contributed by atoms with Crippen molar-refractivity contribution < 1.29 is 0 Å². The van der Waals surface area contributed by atoms with Crippen LogP contribution in [0.4, 0.5) is 5.69 Å². The van der Waals surface area contributed by atoms with Gasteiger partial charge in [0.15, 0.2) is 0 Å². The molecule has 0 fully saturated rings. The Labute approximate surface area is 97.0 Å². The van der Waals surface area contributed by atoms with Gasteiger partial charge in [-0.2, -0.15) is 0 Å². The lowest BCUT2D eigenvalue weighted by molar-refractivity contribution is 0.421. The van der Waals surface area contributed by atoms with Crippen LogP contribution in [0.25, 0.3) is 0 Å². The second kappa shape index (κ2) is 4.76. The highest BCUT2D eigenvalue weighted by Gasteiger charge is 2.17. The highest BCUT2D eigenvalue weighted by molar-refractivity contribution is 5.43. The Morgan fingerprint density at radius 1 is 1.25 bits per heavy atom.